The summed E-state index contributed by atoms with van der Waals surface area (Å²) >= 11 is 0. The number of amides is 1. The van der Waals surface area contributed by atoms with Crippen molar-refractivity contribution in [2.45, 2.75) is 18.4 Å². The minimum atomic E-state index is -0.647. The zero-order valence-electron chi connectivity index (χ0n) is 10.9. The second kappa shape index (κ2) is 4.11. The fraction of sp³-hybridized carbons (Fsp3) is 0.231. The number of fused-ring (bicyclic) bond motifs is 1. The van der Waals surface area contributed by atoms with Crippen molar-refractivity contribution in [3.05, 3.63) is 42.6 Å². The van der Waals surface area contributed by atoms with Gasteiger partial charge in [0.05, 0.1) is 6.20 Å². The molecule has 0 atom stereocenters. The third kappa shape index (κ3) is 1.87. The molecule has 1 saturated carbocycles. The van der Waals surface area contributed by atoms with Gasteiger partial charge >= 0.3 is 0 Å². The lowest BCUT2D eigenvalue weighted by atomic mass is 10.2. The summed E-state index contributed by atoms with van der Waals surface area (Å²) in [4.78, 5) is 16.5. The first-order valence-electron chi connectivity index (χ1n) is 6.51. The molecule has 7 nitrogen and oxygen atoms in total. The molecule has 3 aromatic rings. The standard InChI is InChI=1S/C13H11FN6O/c14-9-2-3-10-16-12(18-19(10)8-9)17-11(21)13(4-5-13)20-7-1-6-15-20/h1-3,6-8H,4-5H2,(H,17,18,21). The molecule has 1 aliphatic carbocycles. The van der Waals surface area contributed by atoms with Gasteiger partial charge < -0.3 is 0 Å². The molecule has 3 aromatic heterocycles. The summed E-state index contributed by atoms with van der Waals surface area (Å²) in [5, 5.41) is 10.8. The van der Waals surface area contributed by atoms with Gasteiger partial charge in [0.2, 0.25) is 5.95 Å². The van der Waals surface area contributed by atoms with E-state index in [4.69, 9.17) is 0 Å². The lowest BCUT2D eigenvalue weighted by Crippen LogP contribution is -2.34. The highest BCUT2D eigenvalue weighted by Crippen LogP contribution is 2.43. The van der Waals surface area contributed by atoms with Crippen LogP contribution in [0.2, 0.25) is 0 Å². The first-order valence-corrected chi connectivity index (χ1v) is 6.51. The highest BCUT2D eigenvalue weighted by atomic mass is 19.1. The molecule has 3 heterocycles. The van der Waals surface area contributed by atoms with E-state index in [2.05, 4.69) is 20.5 Å². The second-order valence-corrected chi connectivity index (χ2v) is 5.02. The van der Waals surface area contributed by atoms with E-state index in [0.717, 1.165) is 12.8 Å². The third-order valence-corrected chi connectivity index (χ3v) is 3.61. The summed E-state index contributed by atoms with van der Waals surface area (Å²) in [6.07, 6.45) is 6.06. The molecule has 1 aliphatic rings. The maximum Gasteiger partial charge on any atom is 0.254 e. The van der Waals surface area contributed by atoms with E-state index in [1.807, 2.05) is 0 Å². The summed E-state index contributed by atoms with van der Waals surface area (Å²) in [5.74, 6) is -0.466. The highest BCUT2D eigenvalue weighted by Gasteiger charge is 2.52. The van der Waals surface area contributed by atoms with Crippen molar-refractivity contribution in [3.63, 3.8) is 0 Å². The Labute approximate surface area is 118 Å². The number of rotatable bonds is 3. The van der Waals surface area contributed by atoms with Crippen molar-refractivity contribution in [2.75, 3.05) is 5.32 Å². The molecule has 1 fully saturated rings. The van der Waals surface area contributed by atoms with E-state index < -0.39 is 11.4 Å². The summed E-state index contributed by atoms with van der Waals surface area (Å²) < 4.78 is 16.0. The molecule has 0 bridgehead atoms. The largest absolute Gasteiger partial charge is 0.291 e. The van der Waals surface area contributed by atoms with Crippen LogP contribution in [-0.4, -0.2) is 30.3 Å². The molecule has 21 heavy (non-hydrogen) atoms. The summed E-state index contributed by atoms with van der Waals surface area (Å²) in [5.41, 5.74) is -0.178. The molecule has 0 aliphatic heterocycles. The molecule has 4 rings (SSSR count). The predicted octanol–water partition coefficient (Wildman–Crippen LogP) is 1.19. The van der Waals surface area contributed by atoms with E-state index in [1.165, 1.54) is 22.8 Å². The van der Waals surface area contributed by atoms with Crippen molar-refractivity contribution in [1.82, 2.24) is 24.4 Å². The van der Waals surface area contributed by atoms with Crippen LogP contribution in [0.5, 0.6) is 0 Å². The number of nitrogens with zero attached hydrogens (tertiary/aromatic N) is 5. The Morgan fingerprint density at radius 2 is 2.24 bits per heavy atom. The molecule has 0 aromatic carbocycles. The smallest absolute Gasteiger partial charge is 0.254 e. The Balaban J connectivity index is 1.61. The molecule has 1 amide bonds. The van der Waals surface area contributed by atoms with E-state index in [1.54, 1.807) is 23.1 Å². The minimum absolute atomic E-state index is 0.157. The third-order valence-electron chi connectivity index (χ3n) is 3.61. The number of nitrogens with one attached hydrogen (secondary N) is 1. The average molecular weight is 286 g/mol. The molecule has 0 radical (unpaired) electrons. The molecule has 0 unspecified atom stereocenters. The Kier molecular flexibility index (Phi) is 2.35. The fourth-order valence-corrected chi connectivity index (χ4v) is 2.33. The van der Waals surface area contributed by atoms with Crippen LogP contribution in [0.25, 0.3) is 5.65 Å². The number of carbonyl (C=O) groups is 1. The average Bonchev–Trinajstić information content (AvgIpc) is 2.92. The van der Waals surface area contributed by atoms with Crippen LogP contribution in [-0.2, 0) is 10.3 Å². The van der Waals surface area contributed by atoms with Gasteiger partial charge in [-0.3, -0.25) is 14.8 Å². The fourth-order valence-electron chi connectivity index (χ4n) is 2.33. The second-order valence-electron chi connectivity index (χ2n) is 5.02. The SMILES string of the molecule is O=C(Nc1nc2ccc(F)cn2n1)C1(n2cccn2)CC1. The Bertz CT molecular complexity index is 820. The molecular formula is C13H11FN6O. The Morgan fingerprint density at radius 3 is 2.95 bits per heavy atom. The lowest BCUT2D eigenvalue weighted by molar-refractivity contribution is -0.120. The monoisotopic (exact) mass is 286 g/mol. The van der Waals surface area contributed by atoms with Crippen molar-refractivity contribution in [1.29, 1.82) is 0 Å². The van der Waals surface area contributed by atoms with Crippen molar-refractivity contribution >= 4 is 17.5 Å². The van der Waals surface area contributed by atoms with E-state index in [9.17, 15) is 9.18 Å². The van der Waals surface area contributed by atoms with Crippen LogP contribution in [0.3, 0.4) is 0 Å². The van der Waals surface area contributed by atoms with Crippen LogP contribution in [0, 0.1) is 5.82 Å². The maximum atomic E-state index is 13.1. The Morgan fingerprint density at radius 1 is 1.38 bits per heavy atom. The predicted molar refractivity (Wildman–Crippen MR) is 71.0 cm³/mol. The van der Waals surface area contributed by atoms with Gasteiger partial charge in [0.1, 0.15) is 11.4 Å². The van der Waals surface area contributed by atoms with Crippen molar-refractivity contribution in [2.24, 2.45) is 0 Å². The van der Waals surface area contributed by atoms with Crippen molar-refractivity contribution < 1.29 is 9.18 Å². The van der Waals surface area contributed by atoms with Gasteiger partial charge in [0.15, 0.2) is 5.65 Å². The first-order chi connectivity index (χ1) is 10.2. The first kappa shape index (κ1) is 12.0. The van der Waals surface area contributed by atoms with Gasteiger partial charge in [-0.1, -0.05) is 0 Å². The zero-order chi connectivity index (χ0) is 14.4. The quantitative estimate of drug-likeness (QED) is 0.784. The van der Waals surface area contributed by atoms with Gasteiger partial charge in [-0.15, -0.1) is 5.10 Å². The van der Waals surface area contributed by atoms with Gasteiger partial charge in [0.25, 0.3) is 5.91 Å². The molecular weight excluding hydrogens is 275 g/mol. The van der Waals surface area contributed by atoms with E-state index in [0.29, 0.717) is 5.65 Å². The molecule has 106 valence electrons. The van der Waals surface area contributed by atoms with Gasteiger partial charge in [0, 0.05) is 12.4 Å². The molecule has 0 spiro atoms. The van der Waals surface area contributed by atoms with Crippen LogP contribution in [0.1, 0.15) is 12.8 Å². The number of halogens is 1. The van der Waals surface area contributed by atoms with Gasteiger partial charge in [-0.25, -0.2) is 8.91 Å². The number of carbonyl (C=O) groups excluding carboxylic acids is 1. The van der Waals surface area contributed by atoms with Crippen LogP contribution in [0.15, 0.2) is 36.8 Å². The summed E-state index contributed by atoms with van der Waals surface area (Å²) in [6.45, 7) is 0. The number of anilines is 1. The number of hydrogen-bond acceptors (Lipinski definition) is 4. The van der Waals surface area contributed by atoms with Crippen LogP contribution >= 0.6 is 0 Å². The topological polar surface area (TPSA) is 77.1 Å². The normalized spacial score (nSPS) is 16.0. The van der Waals surface area contributed by atoms with Crippen molar-refractivity contribution in [3.8, 4) is 0 Å². The summed E-state index contributed by atoms with van der Waals surface area (Å²) in [7, 11) is 0. The summed E-state index contributed by atoms with van der Waals surface area (Å²) in [6, 6.07) is 4.57. The molecule has 8 heteroatoms. The maximum absolute atomic E-state index is 13.1. The number of aromatic nitrogens is 5. The number of pyridine rings is 1. The van der Waals surface area contributed by atoms with Gasteiger partial charge in [-0.05, 0) is 31.0 Å². The number of hydrogen-bond donors (Lipinski definition) is 1. The van der Waals surface area contributed by atoms with Crippen LogP contribution < -0.4 is 5.32 Å². The van der Waals surface area contributed by atoms with Gasteiger partial charge in [-0.2, -0.15) is 10.1 Å². The molecule has 1 N–H and O–H groups in total. The Hall–Kier alpha value is -2.77. The van der Waals surface area contributed by atoms with E-state index in [-0.39, 0.29) is 11.9 Å². The molecule has 0 saturated heterocycles. The zero-order valence-corrected chi connectivity index (χ0v) is 10.9. The minimum Gasteiger partial charge on any atom is -0.291 e. The van der Waals surface area contributed by atoms with Crippen LogP contribution in [0.4, 0.5) is 10.3 Å². The van der Waals surface area contributed by atoms with E-state index >= 15 is 0 Å². The lowest BCUT2D eigenvalue weighted by Gasteiger charge is -2.13. The highest BCUT2D eigenvalue weighted by molar-refractivity contribution is 5.97.